The van der Waals surface area contributed by atoms with Crippen molar-refractivity contribution in [2.75, 3.05) is 17.2 Å². The molecule has 0 unspecified atom stereocenters. The lowest BCUT2D eigenvalue weighted by atomic mass is 10.2. The molecule has 1 amide bonds. The van der Waals surface area contributed by atoms with E-state index in [4.69, 9.17) is 27.9 Å². The van der Waals surface area contributed by atoms with Crippen molar-refractivity contribution in [1.82, 2.24) is 0 Å². The molecule has 6 heteroatoms. The molecule has 0 aromatic heterocycles. The first kappa shape index (κ1) is 18.4. The van der Waals surface area contributed by atoms with E-state index in [2.05, 4.69) is 10.6 Å². The topological polar surface area (TPSA) is 50.4 Å². The summed E-state index contributed by atoms with van der Waals surface area (Å²) in [6.07, 6.45) is 0.457. The molecule has 0 heterocycles. The van der Waals surface area contributed by atoms with Gasteiger partial charge in [0.2, 0.25) is 5.91 Å². The van der Waals surface area contributed by atoms with E-state index in [-0.39, 0.29) is 12.0 Å². The smallest absolute Gasteiger partial charge is 0.226 e. The summed E-state index contributed by atoms with van der Waals surface area (Å²) in [5, 5.41) is 6.93. The highest BCUT2D eigenvalue weighted by Crippen LogP contribution is 2.25. The molecule has 0 aliphatic rings. The van der Waals surface area contributed by atoms with Gasteiger partial charge < -0.3 is 15.4 Å². The van der Waals surface area contributed by atoms with Crippen LogP contribution < -0.4 is 15.4 Å². The van der Waals surface area contributed by atoms with E-state index in [1.165, 1.54) is 0 Å². The van der Waals surface area contributed by atoms with Gasteiger partial charge in [0, 0.05) is 23.7 Å². The quantitative estimate of drug-likeness (QED) is 0.705. The molecule has 0 radical (unpaired) electrons. The molecule has 0 atom stereocenters. The molecular weight excluding hydrogens is 347 g/mol. The van der Waals surface area contributed by atoms with Crippen LogP contribution in [0.4, 0.5) is 11.4 Å². The van der Waals surface area contributed by atoms with Gasteiger partial charge >= 0.3 is 0 Å². The van der Waals surface area contributed by atoms with Crippen LogP contribution >= 0.6 is 23.2 Å². The molecule has 0 aliphatic carbocycles. The number of hydrogen-bond donors (Lipinski definition) is 2. The predicted molar refractivity (Wildman–Crippen MR) is 100 cm³/mol. The number of nitrogens with one attached hydrogen (secondary N) is 2. The SMILES string of the molecule is CC(C)Oc1ccc(NCCC(=O)Nc2cc(Cl)ccc2Cl)cc1. The minimum atomic E-state index is -0.133. The highest BCUT2D eigenvalue weighted by atomic mass is 35.5. The van der Waals surface area contributed by atoms with Gasteiger partial charge in [-0.15, -0.1) is 0 Å². The molecule has 0 saturated carbocycles. The normalized spacial score (nSPS) is 10.5. The van der Waals surface area contributed by atoms with Crippen LogP contribution in [0.3, 0.4) is 0 Å². The third-order valence-electron chi connectivity index (χ3n) is 3.11. The van der Waals surface area contributed by atoms with E-state index in [9.17, 15) is 4.79 Å². The summed E-state index contributed by atoms with van der Waals surface area (Å²) >= 11 is 11.9. The van der Waals surface area contributed by atoms with Gasteiger partial charge in [-0.1, -0.05) is 23.2 Å². The zero-order valence-electron chi connectivity index (χ0n) is 13.6. The van der Waals surface area contributed by atoms with Crippen molar-refractivity contribution in [3.05, 3.63) is 52.5 Å². The van der Waals surface area contributed by atoms with Crippen LogP contribution in [-0.2, 0) is 4.79 Å². The van der Waals surface area contributed by atoms with Gasteiger partial charge in [0.1, 0.15) is 5.75 Å². The Balaban J connectivity index is 1.79. The molecule has 24 heavy (non-hydrogen) atoms. The molecule has 2 aromatic carbocycles. The van der Waals surface area contributed by atoms with Crippen LogP contribution in [0.2, 0.25) is 10.0 Å². The number of carbonyl (C=O) groups is 1. The Hall–Kier alpha value is -1.91. The van der Waals surface area contributed by atoms with E-state index in [0.717, 1.165) is 11.4 Å². The Morgan fingerprint density at radius 1 is 1.12 bits per heavy atom. The summed E-state index contributed by atoms with van der Waals surface area (Å²) in [6, 6.07) is 12.6. The van der Waals surface area contributed by atoms with Crippen LogP contribution in [0.25, 0.3) is 0 Å². The third kappa shape index (κ3) is 5.95. The fourth-order valence-electron chi connectivity index (χ4n) is 2.05. The van der Waals surface area contributed by atoms with Crippen molar-refractivity contribution in [1.29, 1.82) is 0 Å². The van der Waals surface area contributed by atoms with Gasteiger partial charge in [0.25, 0.3) is 0 Å². The second-order valence-electron chi connectivity index (χ2n) is 5.54. The lowest BCUT2D eigenvalue weighted by Gasteiger charge is -2.11. The maximum absolute atomic E-state index is 12.0. The standard InChI is InChI=1S/C18H20Cl2N2O2/c1-12(2)24-15-6-4-14(5-7-15)21-10-9-18(23)22-17-11-13(19)3-8-16(17)20/h3-8,11-12,21H,9-10H2,1-2H3,(H,22,23). The first-order valence-corrected chi connectivity index (χ1v) is 8.45. The summed E-state index contributed by atoms with van der Waals surface area (Å²) < 4.78 is 5.58. The number of anilines is 2. The molecular formula is C18H20Cl2N2O2. The minimum Gasteiger partial charge on any atom is -0.491 e. The Morgan fingerprint density at radius 2 is 1.83 bits per heavy atom. The maximum Gasteiger partial charge on any atom is 0.226 e. The van der Waals surface area contributed by atoms with Gasteiger partial charge in [-0.3, -0.25) is 4.79 Å². The molecule has 2 N–H and O–H groups in total. The minimum absolute atomic E-state index is 0.133. The van der Waals surface area contributed by atoms with Crippen LogP contribution in [0.1, 0.15) is 20.3 Å². The molecule has 0 spiro atoms. The largest absolute Gasteiger partial charge is 0.491 e. The summed E-state index contributed by atoms with van der Waals surface area (Å²) in [5.74, 6) is 0.690. The van der Waals surface area contributed by atoms with Crippen molar-refractivity contribution in [3.8, 4) is 5.75 Å². The number of hydrogen-bond acceptors (Lipinski definition) is 3. The van der Waals surface area contributed by atoms with Crippen LogP contribution in [0, 0.1) is 0 Å². The number of ether oxygens (including phenoxy) is 1. The second-order valence-corrected chi connectivity index (χ2v) is 6.38. The summed E-state index contributed by atoms with van der Waals surface area (Å²) in [7, 11) is 0. The lowest BCUT2D eigenvalue weighted by molar-refractivity contribution is -0.115. The first-order valence-electron chi connectivity index (χ1n) is 7.69. The zero-order valence-corrected chi connectivity index (χ0v) is 15.1. The molecule has 2 aromatic rings. The summed E-state index contributed by atoms with van der Waals surface area (Å²) in [4.78, 5) is 12.0. The molecule has 0 fully saturated rings. The lowest BCUT2D eigenvalue weighted by Crippen LogP contribution is -2.16. The Bertz CT molecular complexity index is 688. The average molecular weight is 367 g/mol. The Labute approximate surface area is 152 Å². The van der Waals surface area contributed by atoms with Crippen LogP contribution in [-0.4, -0.2) is 18.6 Å². The Kier molecular flexibility index (Phi) is 6.76. The molecule has 0 aliphatic heterocycles. The van der Waals surface area contributed by atoms with Crippen molar-refractivity contribution < 1.29 is 9.53 Å². The summed E-state index contributed by atoms with van der Waals surface area (Å²) in [5.41, 5.74) is 1.45. The molecule has 2 rings (SSSR count). The molecule has 128 valence electrons. The van der Waals surface area contributed by atoms with E-state index >= 15 is 0 Å². The van der Waals surface area contributed by atoms with E-state index < -0.39 is 0 Å². The van der Waals surface area contributed by atoms with E-state index in [1.807, 2.05) is 38.1 Å². The van der Waals surface area contributed by atoms with Gasteiger partial charge in [0.05, 0.1) is 16.8 Å². The van der Waals surface area contributed by atoms with Crippen molar-refractivity contribution in [3.63, 3.8) is 0 Å². The fraction of sp³-hybridized carbons (Fsp3) is 0.278. The predicted octanol–water partition coefficient (Wildman–Crippen LogP) is 5.22. The highest BCUT2D eigenvalue weighted by molar-refractivity contribution is 6.35. The monoisotopic (exact) mass is 366 g/mol. The number of amides is 1. The third-order valence-corrected chi connectivity index (χ3v) is 3.67. The number of carbonyl (C=O) groups excluding carboxylic acids is 1. The highest BCUT2D eigenvalue weighted by Gasteiger charge is 2.06. The Morgan fingerprint density at radius 3 is 2.50 bits per heavy atom. The van der Waals surface area contributed by atoms with Gasteiger partial charge in [0.15, 0.2) is 0 Å². The number of halogens is 2. The zero-order chi connectivity index (χ0) is 17.5. The number of benzene rings is 2. The maximum atomic E-state index is 12.0. The average Bonchev–Trinajstić information content (AvgIpc) is 2.52. The fourth-order valence-corrected chi connectivity index (χ4v) is 2.39. The van der Waals surface area contributed by atoms with Gasteiger partial charge in [-0.05, 0) is 56.3 Å². The van der Waals surface area contributed by atoms with E-state index in [0.29, 0.717) is 28.7 Å². The van der Waals surface area contributed by atoms with Crippen LogP contribution in [0.15, 0.2) is 42.5 Å². The van der Waals surface area contributed by atoms with Crippen molar-refractivity contribution in [2.24, 2.45) is 0 Å². The van der Waals surface area contributed by atoms with Gasteiger partial charge in [-0.2, -0.15) is 0 Å². The van der Waals surface area contributed by atoms with Crippen molar-refractivity contribution >= 4 is 40.5 Å². The molecule has 0 bridgehead atoms. The first-order chi connectivity index (χ1) is 11.4. The number of rotatable bonds is 7. The van der Waals surface area contributed by atoms with E-state index in [1.54, 1.807) is 18.2 Å². The molecule has 4 nitrogen and oxygen atoms in total. The van der Waals surface area contributed by atoms with Crippen LogP contribution in [0.5, 0.6) is 5.75 Å². The van der Waals surface area contributed by atoms with Gasteiger partial charge in [-0.25, -0.2) is 0 Å². The van der Waals surface area contributed by atoms with Crippen molar-refractivity contribution in [2.45, 2.75) is 26.4 Å². The second kappa shape index (κ2) is 8.81. The summed E-state index contributed by atoms with van der Waals surface area (Å²) in [6.45, 7) is 4.47. The molecule has 0 saturated heterocycles.